The molecule has 1 fully saturated rings. The minimum Gasteiger partial charge on any atom is -0.493 e. The molecule has 0 radical (unpaired) electrons. The third-order valence-corrected chi connectivity index (χ3v) is 3.75. The van der Waals surface area contributed by atoms with Gasteiger partial charge in [-0.25, -0.2) is 13.2 Å². The molecule has 1 amide bonds. The van der Waals surface area contributed by atoms with Crippen molar-refractivity contribution in [3.8, 4) is 11.5 Å². The summed E-state index contributed by atoms with van der Waals surface area (Å²) >= 11 is 0. The van der Waals surface area contributed by atoms with Crippen LogP contribution in [0.25, 0.3) is 0 Å². The molecule has 0 aromatic heterocycles. The molecule has 2 N–H and O–H groups in total. The first-order valence-electron chi connectivity index (χ1n) is 7.10. The molecule has 1 aromatic carbocycles. The maximum atomic E-state index is 14.1. The lowest BCUT2D eigenvalue weighted by Crippen LogP contribution is -2.41. The van der Waals surface area contributed by atoms with E-state index >= 15 is 0 Å². The van der Waals surface area contributed by atoms with Crippen molar-refractivity contribution in [1.29, 1.82) is 0 Å². The van der Waals surface area contributed by atoms with Crippen molar-refractivity contribution in [2.45, 2.75) is 31.4 Å². The SMILES string of the molecule is COc1cc(F)c(C(C)NC(=O)C2CC(F)(F)CN2)cc1OC. The average Bonchev–Trinajstić information content (AvgIpc) is 2.86. The fourth-order valence-electron chi connectivity index (χ4n) is 2.49. The van der Waals surface area contributed by atoms with Crippen molar-refractivity contribution >= 4 is 5.91 Å². The summed E-state index contributed by atoms with van der Waals surface area (Å²) < 4.78 is 50.5. The van der Waals surface area contributed by atoms with Crippen molar-refractivity contribution in [3.05, 3.63) is 23.5 Å². The van der Waals surface area contributed by atoms with Crippen LogP contribution in [-0.4, -0.2) is 38.6 Å². The van der Waals surface area contributed by atoms with Crippen LogP contribution in [-0.2, 0) is 4.79 Å². The molecular weight excluding hydrogens is 313 g/mol. The van der Waals surface area contributed by atoms with Crippen LogP contribution in [0.5, 0.6) is 11.5 Å². The molecular formula is C15H19F3N2O3. The molecule has 5 nitrogen and oxygen atoms in total. The number of methoxy groups -OCH3 is 2. The molecule has 0 saturated carbocycles. The van der Waals surface area contributed by atoms with Gasteiger partial charge in [0.25, 0.3) is 5.92 Å². The van der Waals surface area contributed by atoms with E-state index in [4.69, 9.17) is 9.47 Å². The van der Waals surface area contributed by atoms with Crippen LogP contribution in [0.4, 0.5) is 13.2 Å². The smallest absolute Gasteiger partial charge is 0.262 e. The summed E-state index contributed by atoms with van der Waals surface area (Å²) in [5.41, 5.74) is 0.181. The number of ether oxygens (including phenoxy) is 2. The van der Waals surface area contributed by atoms with Crippen molar-refractivity contribution in [2.24, 2.45) is 0 Å². The van der Waals surface area contributed by atoms with E-state index in [-0.39, 0.29) is 11.3 Å². The molecule has 2 unspecified atom stereocenters. The van der Waals surface area contributed by atoms with Crippen LogP contribution in [0.3, 0.4) is 0 Å². The highest BCUT2D eigenvalue weighted by Crippen LogP contribution is 2.32. The molecule has 8 heteroatoms. The lowest BCUT2D eigenvalue weighted by molar-refractivity contribution is -0.124. The second-order valence-corrected chi connectivity index (χ2v) is 5.45. The van der Waals surface area contributed by atoms with Gasteiger partial charge in [-0.2, -0.15) is 0 Å². The minimum atomic E-state index is -2.90. The zero-order valence-corrected chi connectivity index (χ0v) is 13.1. The van der Waals surface area contributed by atoms with E-state index < -0.39 is 42.7 Å². The standard InChI is InChI=1S/C15H19F3N2O3/c1-8(20-14(21)11-6-15(17,18)7-19-11)9-4-12(22-2)13(23-3)5-10(9)16/h4-5,8,11,19H,6-7H2,1-3H3,(H,20,21). The van der Waals surface area contributed by atoms with Crippen LogP contribution >= 0.6 is 0 Å². The highest BCUT2D eigenvalue weighted by Gasteiger charge is 2.42. The number of carbonyl (C=O) groups excluding carboxylic acids is 1. The predicted molar refractivity (Wildman–Crippen MR) is 77.4 cm³/mol. The molecule has 23 heavy (non-hydrogen) atoms. The van der Waals surface area contributed by atoms with Crippen molar-refractivity contribution in [3.63, 3.8) is 0 Å². The number of nitrogens with one attached hydrogen (secondary N) is 2. The molecule has 2 atom stereocenters. The van der Waals surface area contributed by atoms with E-state index in [1.165, 1.54) is 20.3 Å². The van der Waals surface area contributed by atoms with Crippen LogP contribution in [0.1, 0.15) is 24.9 Å². The number of benzene rings is 1. The van der Waals surface area contributed by atoms with Gasteiger partial charge in [-0.15, -0.1) is 0 Å². The van der Waals surface area contributed by atoms with Crippen LogP contribution in [0.15, 0.2) is 12.1 Å². The third kappa shape index (κ3) is 3.87. The lowest BCUT2D eigenvalue weighted by Gasteiger charge is -2.19. The Bertz CT molecular complexity index is 596. The maximum absolute atomic E-state index is 14.1. The molecule has 1 heterocycles. The summed E-state index contributed by atoms with van der Waals surface area (Å²) in [4.78, 5) is 12.0. The maximum Gasteiger partial charge on any atom is 0.262 e. The van der Waals surface area contributed by atoms with E-state index in [2.05, 4.69) is 10.6 Å². The van der Waals surface area contributed by atoms with Gasteiger partial charge in [-0.1, -0.05) is 0 Å². The molecule has 0 spiro atoms. The second-order valence-electron chi connectivity index (χ2n) is 5.45. The average molecular weight is 332 g/mol. The summed E-state index contributed by atoms with van der Waals surface area (Å²) in [6, 6.07) is 0.864. The number of amides is 1. The van der Waals surface area contributed by atoms with Crippen LogP contribution in [0.2, 0.25) is 0 Å². The fourth-order valence-corrected chi connectivity index (χ4v) is 2.49. The zero-order chi connectivity index (χ0) is 17.2. The molecule has 0 bridgehead atoms. The van der Waals surface area contributed by atoms with Crippen LogP contribution < -0.4 is 20.1 Å². The number of rotatable bonds is 5. The van der Waals surface area contributed by atoms with Crippen molar-refractivity contribution in [2.75, 3.05) is 20.8 Å². The van der Waals surface area contributed by atoms with Gasteiger partial charge in [0.2, 0.25) is 5.91 Å². The highest BCUT2D eigenvalue weighted by molar-refractivity contribution is 5.82. The van der Waals surface area contributed by atoms with Crippen LogP contribution in [0, 0.1) is 5.82 Å². The Hall–Kier alpha value is -1.96. The predicted octanol–water partition coefficient (Wildman–Crippen LogP) is 2.02. The Kier molecular flexibility index (Phi) is 5.03. The minimum absolute atomic E-state index is 0.181. The quantitative estimate of drug-likeness (QED) is 0.866. The Morgan fingerprint density at radius 1 is 1.35 bits per heavy atom. The zero-order valence-electron chi connectivity index (χ0n) is 13.1. The molecule has 1 saturated heterocycles. The Morgan fingerprint density at radius 2 is 1.96 bits per heavy atom. The Balaban J connectivity index is 2.11. The second kappa shape index (κ2) is 6.66. The topological polar surface area (TPSA) is 59.6 Å². The van der Waals surface area contributed by atoms with Gasteiger partial charge in [-0.05, 0) is 13.0 Å². The summed E-state index contributed by atoms with van der Waals surface area (Å²) in [5, 5.41) is 4.99. The lowest BCUT2D eigenvalue weighted by atomic mass is 10.1. The van der Waals surface area contributed by atoms with Gasteiger partial charge in [0.1, 0.15) is 5.82 Å². The molecule has 1 aliphatic heterocycles. The van der Waals surface area contributed by atoms with Crippen molar-refractivity contribution < 1.29 is 27.4 Å². The summed E-state index contributed by atoms with van der Waals surface area (Å²) in [6.07, 6.45) is -0.569. The number of alkyl halides is 2. The van der Waals surface area contributed by atoms with E-state index in [9.17, 15) is 18.0 Å². The van der Waals surface area contributed by atoms with Gasteiger partial charge in [-0.3, -0.25) is 10.1 Å². The first-order chi connectivity index (χ1) is 10.8. The van der Waals surface area contributed by atoms with E-state index in [1.54, 1.807) is 6.92 Å². The molecule has 128 valence electrons. The number of hydrogen-bond acceptors (Lipinski definition) is 4. The fraction of sp³-hybridized carbons (Fsp3) is 0.533. The number of halogens is 3. The number of hydrogen-bond donors (Lipinski definition) is 2. The first-order valence-corrected chi connectivity index (χ1v) is 7.10. The largest absolute Gasteiger partial charge is 0.493 e. The normalized spacial score (nSPS) is 20.9. The number of carbonyl (C=O) groups is 1. The van der Waals surface area contributed by atoms with Gasteiger partial charge in [0.05, 0.1) is 32.8 Å². The highest BCUT2D eigenvalue weighted by atomic mass is 19.3. The van der Waals surface area contributed by atoms with Gasteiger partial charge in [0, 0.05) is 18.1 Å². The van der Waals surface area contributed by atoms with E-state index in [0.717, 1.165) is 6.07 Å². The van der Waals surface area contributed by atoms with Crippen molar-refractivity contribution in [1.82, 2.24) is 10.6 Å². The van der Waals surface area contributed by atoms with E-state index in [0.29, 0.717) is 5.75 Å². The summed E-state index contributed by atoms with van der Waals surface area (Å²) in [6.45, 7) is 1.03. The monoisotopic (exact) mass is 332 g/mol. The third-order valence-electron chi connectivity index (χ3n) is 3.75. The Labute approximate surface area is 132 Å². The molecule has 0 aliphatic carbocycles. The Morgan fingerprint density at radius 3 is 2.48 bits per heavy atom. The van der Waals surface area contributed by atoms with Gasteiger partial charge in [0.15, 0.2) is 11.5 Å². The van der Waals surface area contributed by atoms with E-state index in [1.807, 2.05) is 0 Å². The molecule has 1 aromatic rings. The summed E-state index contributed by atoms with van der Waals surface area (Å²) in [7, 11) is 2.79. The first kappa shape index (κ1) is 17.4. The molecule has 1 aliphatic rings. The molecule has 2 rings (SSSR count). The van der Waals surface area contributed by atoms with Gasteiger partial charge >= 0.3 is 0 Å². The summed E-state index contributed by atoms with van der Waals surface area (Å²) in [5.74, 6) is -3.54. The van der Waals surface area contributed by atoms with Gasteiger partial charge < -0.3 is 14.8 Å².